The van der Waals surface area contributed by atoms with E-state index in [-0.39, 0.29) is 5.75 Å². The molecule has 0 amide bonds. The summed E-state index contributed by atoms with van der Waals surface area (Å²) in [5.74, 6) is 0.270. The smallest absolute Gasteiger partial charge is 0.115 e. The quantitative estimate of drug-likeness (QED) is 0.168. The Bertz CT molecular complexity index is 2850. The van der Waals surface area contributed by atoms with Crippen LogP contribution in [0.5, 0.6) is 5.75 Å². The molecule has 0 atom stereocenters. The number of aromatic nitrogens is 1. The highest BCUT2D eigenvalue weighted by Gasteiger charge is 2.19. The van der Waals surface area contributed by atoms with E-state index >= 15 is 0 Å². The van der Waals surface area contributed by atoms with Crippen LogP contribution in [-0.4, -0.2) is 9.67 Å². The maximum atomic E-state index is 9.79. The number of fused-ring (bicyclic) bond motifs is 3. The van der Waals surface area contributed by atoms with Crippen molar-refractivity contribution in [2.75, 3.05) is 4.90 Å². The molecular weight excluding hydrogens is 693 g/mol. The molecule has 1 aliphatic rings. The maximum Gasteiger partial charge on any atom is 0.115 e. The van der Waals surface area contributed by atoms with E-state index < -0.39 is 0 Å². The van der Waals surface area contributed by atoms with Gasteiger partial charge in [-0.05, 0) is 130 Å². The zero-order valence-electron chi connectivity index (χ0n) is 31.5. The highest BCUT2D eigenvalue weighted by atomic mass is 16.3. The molecule has 0 radical (unpaired) electrons. The van der Waals surface area contributed by atoms with Crippen LogP contribution in [0.2, 0.25) is 0 Å². The molecule has 0 saturated carbocycles. The molecular formula is C54H40N2O. The van der Waals surface area contributed by atoms with Crippen molar-refractivity contribution < 1.29 is 5.11 Å². The topological polar surface area (TPSA) is 28.4 Å². The Kier molecular flexibility index (Phi) is 8.81. The van der Waals surface area contributed by atoms with E-state index in [0.717, 1.165) is 52.2 Å². The number of phenolic OH excluding ortho intramolecular Hbond substituents is 1. The van der Waals surface area contributed by atoms with Gasteiger partial charge >= 0.3 is 0 Å². The molecule has 0 bridgehead atoms. The van der Waals surface area contributed by atoms with E-state index in [4.69, 9.17) is 0 Å². The molecule has 3 heteroatoms. The van der Waals surface area contributed by atoms with E-state index in [1.165, 1.54) is 50.1 Å². The van der Waals surface area contributed by atoms with Crippen molar-refractivity contribution in [2.24, 2.45) is 0 Å². The van der Waals surface area contributed by atoms with E-state index in [9.17, 15) is 5.11 Å². The highest BCUT2D eigenvalue weighted by molar-refractivity contribution is 5.93. The molecule has 10 rings (SSSR count). The Morgan fingerprint density at radius 1 is 0.421 bits per heavy atom. The third-order valence-electron chi connectivity index (χ3n) is 11.2. The standard InChI is InChI=1S/C54H40N2O/c57-50-35-25-43(26-36-50)45-12-8-11-44(37-45)42-23-31-48(32-24-42)55(46-27-17-39(18-28-46)38-9-2-1-3-10-38)47-29-19-40(20-30-47)41-21-33-49(34-22-41)56-53-15-6-4-13-51(53)52-14-5-7-16-54(52)56/h1-6,8-15,17-37,57H,7,16H2. The van der Waals surface area contributed by atoms with Crippen LogP contribution < -0.4 is 4.90 Å². The normalized spacial score (nSPS) is 12.1. The Hall–Kier alpha value is -7.36. The fraction of sp³-hybridized carbons (Fsp3) is 0.0370. The van der Waals surface area contributed by atoms with Gasteiger partial charge in [0.25, 0.3) is 0 Å². The second kappa shape index (κ2) is 14.7. The van der Waals surface area contributed by atoms with Crippen LogP contribution in [0, 0.1) is 0 Å². The van der Waals surface area contributed by atoms with Crippen LogP contribution in [0.15, 0.2) is 206 Å². The van der Waals surface area contributed by atoms with Gasteiger partial charge in [-0.25, -0.2) is 0 Å². The lowest BCUT2D eigenvalue weighted by Crippen LogP contribution is -2.09. The monoisotopic (exact) mass is 732 g/mol. The number of aromatic hydroxyl groups is 1. The highest BCUT2D eigenvalue weighted by Crippen LogP contribution is 2.39. The average Bonchev–Trinajstić information content (AvgIpc) is 3.62. The fourth-order valence-electron chi connectivity index (χ4n) is 8.29. The van der Waals surface area contributed by atoms with Crippen molar-refractivity contribution in [3.8, 4) is 55.9 Å². The van der Waals surface area contributed by atoms with Crippen molar-refractivity contribution in [3.05, 3.63) is 218 Å². The van der Waals surface area contributed by atoms with E-state index in [0.29, 0.717) is 0 Å². The first-order valence-electron chi connectivity index (χ1n) is 19.6. The lowest BCUT2D eigenvalue weighted by Gasteiger charge is -2.26. The largest absolute Gasteiger partial charge is 0.508 e. The minimum atomic E-state index is 0.270. The van der Waals surface area contributed by atoms with Crippen LogP contribution in [0.25, 0.3) is 67.2 Å². The Morgan fingerprint density at radius 3 is 1.46 bits per heavy atom. The van der Waals surface area contributed by atoms with Crippen molar-refractivity contribution in [1.82, 2.24) is 4.57 Å². The molecule has 57 heavy (non-hydrogen) atoms. The molecule has 0 spiro atoms. The van der Waals surface area contributed by atoms with Gasteiger partial charge in [0, 0.05) is 39.4 Å². The minimum Gasteiger partial charge on any atom is -0.508 e. The molecule has 0 saturated heterocycles. The second-order valence-electron chi connectivity index (χ2n) is 14.7. The summed E-state index contributed by atoms with van der Waals surface area (Å²) in [6, 6.07) is 70.8. The van der Waals surface area contributed by atoms with Gasteiger partial charge < -0.3 is 14.6 Å². The number of benzene rings is 8. The summed E-state index contributed by atoms with van der Waals surface area (Å²) in [5, 5.41) is 11.1. The first-order valence-corrected chi connectivity index (χ1v) is 19.6. The molecule has 1 heterocycles. The summed E-state index contributed by atoms with van der Waals surface area (Å²) >= 11 is 0. The second-order valence-corrected chi connectivity index (χ2v) is 14.7. The van der Waals surface area contributed by atoms with Crippen LogP contribution in [0.3, 0.4) is 0 Å². The SMILES string of the molecule is Oc1ccc(-c2cccc(-c3ccc(N(c4ccc(-c5ccccc5)cc4)c4ccc(-c5ccc(-n6c7c(c8ccccc86)C=CCC7)cc5)cc4)cc3)c2)cc1. The first kappa shape index (κ1) is 34.2. The van der Waals surface area contributed by atoms with Gasteiger partial charge in [-0.2, -0.15) is 0 Å². The third-order valence-corrected chi connectivity index (χ3v) is 11.2. The molecule has 8 aromatic carbocycles. The van der Waals surface area contributed by atoms with Crippen LogP contribution in [0.4, 0.5) is 17.1 Å². The summed E-state index contributed by atoms with van der Waals surface area (Å²) in [6.07, 6.45) is 6.71. The maximum absolute atomic E-state index is 9.79. The summed E-state index contributed by atoms with van der Waals surface area (Å²) in [7, 11) is 0. The summed E-state index contributed by atoms with van der Waals surface area (Å²) < 4.78 is 2.44. The van der Waals surface area contributed by atoms with Gasteiger partial charge in [-0.1, -0.05) is 140 Å². The number of nitrogens with zero attached hydrogens (tertiary/aromatic N) is 2. The number of rotatable bonds is 8. The lowest BCUT2D eigenvalue weighted by molar-refractivity contribution is 0.475. The van der Waals surface area contributed by atoms with E-state index in [1.807, 2.05) is 12.1 Å². The summed E-state index contributed by atoms with van der Waals surface area (Å²) in [5.41, 5.74) is 17.7. The average molecular weight is 733 g/mol. The summed E-state index contributed by atoms with van der Waals surface area (Å²) in [4.78, 5) is 2.33. The van der Waals surface area contributed by atoms with Crippen LogP contribution in [-0.2, 0) is 6.42 Å². The molecule has 3 nitrogen and oxygen atoms in total. The minimum absolute atomic E-state index is 0.270. The van der Waals surface area contributed by atoms with Crippen molar-refractivity contribution in [3.63, 3.8) is 0 Å². The number of hydrogen-bond acceptors (Lipinski definition) is 2. The molecule has 0 unspecified atom stereocenters. The number of phenols is 1. The van der Waals surface area contributed by atoms with Crippen molar-refractivity contribution >= 4 is 34.0 Å². The Labute approximate surface area is 333 Å². The predicted molar refractivity (Wildman–Crippen MR) is 239 cm³/mol. The third kappa shape index (κ3) is 6.60. The first-order chi connectivity index (χ1) is 28.2. The van der Waals surface area contributed by atoms with Gasteiger partial charge in [0.05, 0.1) is 5.52 Å². The van der Waals surface area contributed by atoms with Gasteiger partial charge in [-0.15, -0.1) is 0 Å². The number of anilines is 3. The molecule has 1 N–H and O–H groups in total. The van der Waals surface area contributed by atoms with E-state index in [2.05, 4.69) is 198 Å². The van der Waals surface area contributed by atoms with E-state index in [1.54, 1.807) is 12.1 Å². The lowest BCUT2D eigenvalue weighted by atomic mass is 9.98. The zero-order chi connectivity index (χ0) is 38.1. The Morgan fingerprint density at radius 2 is 0.877 bits per heavy atom. The van der Waals surface area contributed by atoms with Crippen LogP contribution >= 0.6 is 0 Å². The van der Waals surface area contributed by atoms with Crippen molar-refractivity contribution in [1.29, 1.82) is 0 Å². The molecule has 9 aromatic rings. The van der Waals surface area contributed by atoms with Gasteiger partial charge in [0.1, 0.15) is 5.75 Å². The zero-order valence-corrected chi connectivity index (χ0v) is 31.5. The van der Waals surface area contributed by atoms with Crippen molar-refractivity contribution in [2.45, 2.75) is 12.8 Å². The molecule has 1 aliphatic carbocycles. The molecule has 1 aromatic heterocycles. The van der Waals surface area contributed by atoms with Crippen LogP contribution in [0.1, 0.15) is 17.7 Å². The fourth-order valence-corrected chi connectivity index (χ4v) is 8.29. The molecule has 0 fully saturated rings. The molecule has 0 aliphatic heterocycles. The van der Waals surface area contributed by atoms with Gasteiger partial charge in [-0.3, -0.25) is 0 Å². The molecule has 272 valence electrons. The number of allylic oxidation sites excluding steroid dienone is 1. The number of hydrogen-bond donors (Lipinski definition) is 1. The summed E-state index contributed by atoms with van der Waals surface area (Å²) in [6.45, 7) is 0. The number of para-hydroxylation sites is 1. The van der Waals surface area contributed by atoms with Gasteiger partial charge in [0.2, 0.25) is 0 Å². The Balaban J connectivity index is 0.971. The van der Waals surface area contributed by atoms with Gasteiger partial charge in [0.15, 0.2) is 0 Å². The predicted octanol–water partition coefficient (Wildman–Crippen LogP) is 14.4.